The summed E-state index contributed by atoms with van der Waals surface area (Å²) in [5.74, 6) is 0.566. The molecule has 1 aromatic rings. The molecule has 0 saturated carbocycles. The average molecular weight is 211 g/mol. The first-order valence-electron chi connectivity index (χ1n) is 5.06. The van der Waals surface area contributed by atoms with Crippen molar-refractivity contribution in [2.75, 3.05) is 6.54 Å². The number of furan rings is 1. The van der Waals surface area contributed by atoms with E-state index in [9.17, 15) is 4.79 Å². The van der Waals surface area contributed by atoms with Crippen molar-refractivity contribution in [2.45, 2.75) is 32.9 Å². The van der Waals surface area contributed by atoms with Gasteiger partial charge in [-0.15, -0.1) is 0 Å². The van der Waals surface area contributed by atoms with E-state index in [-0.39, 0.29) is 24.7 Å². The van der Waals surface area contributed by atoms with Gasteiger partial charge in [-0.25, -0.2) is 0 Å². The van der Waals surface area contributed by atoms with Gasteiger partial charge < -0.3 is 9.15 Å². The zero-order chi connectivity index (χ0) is 11.3. The second-order valence-corrected chi connectivity index (χ2v) is 3.66. The Balaban J connectivity index is 2.28. The fourth-order valence-corrected chi connectivity index (χ4v) is 1.18. The minimum Gasteiger partial charge on any atom is -0.468 e. The molecule has 0 radical (unpaired) electrons. The maximum atomic E-state index is 11.2. The maximum absolute atomic E-state index is 11.2. The molecular formula is C11H17NO3. The van der Waals surface area contributed by atoms with Crippen molar-refractivity contribution in [3.05, 3.63) is 24.2 Å². The molecule has 1 rings (SSSR count). The number of hydrogen-bond donors (Lipinski definition) is 1. The SMILES string of the molecule is CC(C)OC(=O)CN[C@@H](C)c1ccco1. The lowest BCUT2D eigenvalue weighted by atomic mass is 10.2. The molecule has 0 aromatic carbocycles. The molecule has 1 atom stereocenters. The standard InChI is InChI=1S/C11H17NO3/c1-8(2)15-11(13)7-12-9(3)10-5-4-6-14-10/h4-6,8-9,12H,7H2,1-3H3/t9-/m0/s1. The molecule has 0 aliphatic carbocycles. The molecule has 0 unspecified atom stereocenters. The van der Waals surface area contributed by atoms with E-state index in [1.54, 1.807) is 6.26 Å². The first-order valence-corrected chi connectivity index (χ1v) is 5.06. The van der Waals surface area contributed by atoms with E-state index in [1.807, 2.05) is 32.9 Å². The molecule has 4 nitrogen and oxygen atoms in total. The highest BCUT2D eigenvalue weighted by atomic mass is 16.5. The minimum atomic E-state index is -0.247. The molecule has 1 heterocycles. The number of carbonyl (C=O) groups excluding carboxylic acids is 1. The lowest BCUT2D eigenvalue weighted by molar-refractivity contribution is -0.146. The number of esters is 1. The summed E-state index contributed by atoms with van der Waals surface area (Å²) in [4.78, 5) is 11.2. The number of carbonyl (C=O) groups is 1. The van der Waals surface area contributed by atoms with Gasteiger partial charge in [0.05, 0.1) is 25.0 Å². The van der Waals surface area contributed by atoms with Crippen LogP contribution in [0, 0.1) is 0 Å². The van der Waals surface area contributed by atoms with Crippen LogP contribution in [0.4, 0.5) is 0 Å². The van der Waals surface area contributed by atoms with Gasteiger partial charge in [-0.2, -0.15) is 0 Å². The average Bonchev–Trinajstić information content (AvgIpc) is 2.65. The Morgan fingerprint density at radius 2 is 2.27 bits per heavy atom. The van der Waals surface area contributed by atoms with Crippen LogP contribution in [0.5, 0.6) is 0 Å². The highest BCUT2D eigenvalue weighted by Crippen LogP contribution is 2.11. The van der Waals surface area contributed by atoms with Crippen LogP contribution < -0.4 is 5.32 Å². The van der Waals surface area contributed by atoms with Crippen LogP contribution >= 0.6 is 0 Å². The van der Waals surface area contributed by atoms with Crippen LogP contribution in [-0.2, 0) is 9.53 Å². The summed E-state index contributed by atoms with van der Waals surface area (Å²) in [7, 11) is 0. The zero-order valence-corrected chi connectivity index (χ0v) is 9.32. The van der Waals surface area contributed by atoms with Crippen molar-refractivity contribution < 1.29 is 13.9 Å². The monoisotopic (exact) mass is 211 g/mol. The van der Waals surface area contributed by atoms with Crippen LogP contribution in [0.3, 0.4) is 0 Å². The Kier molecular flexibility index (Phi) is 4.37. The zero-order valence-electron chi connectivity index (χ0n) is 9.32. The van der Waals surface area contributed by atoms with E-state index in [4.69, 9.17) is 9.15 Å². The minimum absolute atomic E-state index is 0.0136. The first kappa shape index (κ1) is 11.8. The molecule has 0 amide bonds. The van der Waals surface area contributed by atoms with Crippen LogP contribution in [0.15, 0.2) is 22.8 Å². The van der Waals surface area contributed by atoms with Crippen molar-refractivity contribution in [1.29, 1.82) is 0 Å². The van der Waals surface area contributed by atoms with Crippen molar-refractivity contribution in [3.63, 3.8) is 0 Å². The first-order chi connectivity index (χ1) is 7.09. The number of ether oxygens (including phenoxy) is 1. The third kappa shape index (κ3) is 4.16. The molecule has 1 N–H and O–H groups in total. The molecular weight excluding hydrogens is 194 g/mol. The second kappa shape index (κ2) is 5.56. The maximum Gasteiger partial charge on any atom is 0.320 e. The van der Waals surface area contributed by atoms with Gasteiger partial charge in [0.25, 0.3) is 0 Å². The molecule has 15 heavy (non-hydrogen) atoms. The van der Waals surface area contributed by atoms with Crippen molar-refractivity contribution in [3.8, 4) is 0 Å². The molecule has 1 aromatic heterocycles. The van der Waals surface area contributed by atoms with Gasteiger partial charge in [-0.3, -0.25) is 10.1 Å². The third-order valence-corrected chi connectivity index (χ3v) is 1.89. The van der Waals surface area contributed by atoms with Crippen LogP contribution in [0.25, 0.3) is 0 Å². The Bertz CT molecular complexity index is 293. The van der Waals surface area contributed by atoms with Gasteiger partial charge in [-0.05, 0) is 32.9 Å². The fourth-order valence-electron chi connectivity index (χ4n) is 1.18. The summed E-state index contributed by atoms with van der Waals surface area (Å²) < 4.78 is 10.2. The Morgan fingerprint density at radius 3 is 2.80 bits per heavy atom. The van der Waals surface area contributed by atoms with Gasteiger partial charge in [0.2, 0.25) is 0 Å². The van der Waals surface area contributed by atoms with Crippen molar-refractivity contribution in [2.24, 2.45) is 0 Å². The van der Waals surface area contributed by atoms with Gasteiger partial charge in [0.1, 0.15) is 5.76 Å². The number of hydrogen-bond acceptors (Lipinski definition) is 4. The summed E-state index contributed by atoms with van der Waals surface area (Å²) >= 11 is 0. The van der Waals surface area contributed by atoms with Gasteiger partial charge in [0, 0.05) is 0 Å². The van der Waals surface area contributed by atoms with Crippen LogP contribution in [0.2, 0.25) is 0 Å². The molecule has 0 fully saturated rings. The van der Waals surface area contributed by atoms with E-state index in [2.05, 4.69) is 5.32 Å². The summed E-state index contributed by atoms with van der Waals surface area (Å²) in [6.45, 7) is 5.78. The largest absolute Gasteiger partial charge is 0.468 e. The van der Waals surface area contributed by atoms with Crippen LogP contribution in [0.1, 0.15) is 32.6 Å². The Labute approximate surface area is 89.6 Å². The summed E-state index contributed by atoms with van der Waals surface area (Å²) in [6.07, 6.45) is 1.54. The smallest absolute Gasteiger partial charge is 0.320 e. The van der Waals surface area contributed by atoms with Crippen LogP contribution in [-0.4, -0.2) is 18.6 Å². The number of nitrogens with one attached hydrogen (secondary N) is 1. The Hall–Kier alpha value is -1.29. The molecule has 0 bridgehead atoms. The third-order valence-electron chi connectivity index (χ3n) is 1.89. The highest BCUT2D eigenvalue weighted by molar-refractivity contribution is 5.71. The molecule has 4 heteroatoms. The molecule has 0 saturated heterocycles. The summed E-state index contributed by atoms with van der Waals surface area (Å²) in [6, 6.07) is 3.70. The second-order valence-electron chi connectivity index (χ2n) is 3.66. The van der Waals surface area contributed by atoms with E-state index in [0.717, 1.165) is 5.76 Å². The molecule has 84 valence electrons. The molecule has 0 aliphatic rings. The molecule has 0 aliphatic heterocycles. The van der Waals surface area contributed by atoms with Crippen molar-refractivity contribution in [1.82, 2.24) is 5.32 Å². The quantitative estimate of drug-likeness (QED) is 0.755. The van der Waals surface area contributed by atoms with Gasteiger partial charge in [-0.1, -0.05) is 0 Å². The van der Waals surface area contributed by atoms with E-state index in [1.165, 1.54) is 0 Å². The Morgan fingerprint density at radius 1 is 1.53 bits per heavy atom. The lowest BCUT2D eigenvalue weighted by Crippen LogP contribution is -2.28. The molecule has 0 spiro atoms. The number of rotatable bonds is 5. The normalized spacial score (nSPS) is 12.8. The fraction of sp³-hybridized carbons (Fsp3) is 0.545. The predicted octanol–water partition coefficient (Wildman–Crippen LogP) is 1.88. The predicted molar refractivity (Wildman–Crippen MR) is 56.4 cm³/mol. The van der Waals surface area contributed by atoms with Gasteiger partial charge >= 0.3 is 5.97 Å². The van der Waals surface area contributed by atoms with E-state index in [0.29, 0.717) is 0 Å². The van der Waals surface area contributed by atoms with E-state index < -0.39 is 0 Å². The van der Waals surface area contributed by atoms with Gasteiger partial charge in [0.15, 0.2) is 0 Å². The lowest BCUT2D eigenvalue weighted by Gasteiger charge is -2.12. The summed E-state index contributed by atoms with van der Waals surface area (Å²) in [5, 5.41) is 3.02. The van der Waals surface area contributed by atoms with Crippen molar-refractivity contribution >= 4 is 5.97 Å². The summed E-state index contributed by atoms with van der Waals surface area (Å²) in [5.41, 5.74) is 0. The van der Waals surface area contributed by atoms with E-state index >= 15 is 0 Å². The topological polar surface area (TPSA) is 51.5 Å². The highest BCUT2D eigenvalue weighted by Gasteiger charge is 2.10.